The standard InChI is InChI=1S/C23H32N6O2/c1-17(2)21-19(16-25-29(21)20-10-6-7-11-24-20)22(30)27-12-14-28(15-13-27)23(31)26-18-8-4-3-5-9-18/h6-7,10-11,16-18H,3-5,8-9,12-15H2,1-2H3,(H,26,31). The SMILES string of the molecule is CC(C)c1c(C(=O)N2CCN(C(=O)NC3CCCCC3)CC2)cnn1-c1ccccn1. The van der Waals surface area contributed by atoms with Gasteiger partial charge in [-0.25, -0.2) is 14.5 Å². The Morgan fingerprint density at radius 2 is 1.74 bits per heavy atom. The van der Waals surface area contributed by atoms with Gasteiger partial charge < -0.3 is 15.1 Å². The molecule has 3 amide bonds. The van der Waals surface area contributed by atoms with Gasteiger partial charge in [0.15, 0.2) is 5.82 Å². The lowest BCUT2D eigenvalue weighted by atomic mass is 9.96. The predicted octanol–water partition coefficient (Wildman–Crippen LogP) is 3.19. The van der Waals surface area contributed by atoms with Crippen LogP contribution in [0.1, 0.15) is 67.9 Å². The molecule has 31 heavy (non-hydrogen) atoms. The van der Waals surface area contributed by atoms with Crippen LogP contribution in [0.4, 0.5) is 4.79 Å². The molecule has 4 rings (SSSR count). The number of carbonyl (C=O) groups is 2. The van der Waals surface area contributed by atoms with E-state index < -0.39 is 0 Å². The lowest BCUT2D eigenvalue weighted by molar-refractivity contribution is 0.0661. The summed E-state index contributed by atoms with van der Waals surface area (Å²) in [5.74, 6) is 0.790. The molecule has 166 valence electrons. The number of hydrogen-bond acceptors (Lipinski definition) is 4. The van der Waals surface area contributed by atoms with Crippen molar-refractivity contribution >= 4 is 11.9 Å². The summed E-state index contributed by atoms with van der Waals surface area (Å²) >= 11 is 0. The van der Waals surface area contributed by atoms with Crippen LogP contribution in [0.15, 0.2) is 30.6 Å². The molecule has 0 radical (unpaired) electrons. The normalized spacial score (nSPS) is 17.8. The minimum atomic E-state index is -0.0294. The molecule has 1 aliphatic heterocycles. The summed E-state index contributed by atoms with van der Waals surface area (Å²) in [5.41, 5.74) is 1.47. The quantitative estimate of drug-likeness (QED) is 0.817. The van der Waals surface area contributed by atoms with Gasteiger partial charge in [-0.2, -0.15) is 5.10 Å². The Bertz CT molecular complexity index is 896. The first-order valence-electron chi connectivity index (χ1n) is 11.4. The fraction of sp³-hybridized carbons (Fsp3) is 0.565. The first-order chi connectivity index (χ1) is 15.0. The van der Waals surface area contributed by atoms with Gasteiger partial charge >= 0.3 is 6.03 Å². The van der Waals surface area contributed by atoms with Crippen molar-refractivity contribution in [2.75, 3.05) is 26.2 Å². The van der Waals surface area contributed by atoms with Crippen LogP contribution in [-0.4, -0.2) is 68.7 Å². The average Bonchev–Trinajstić information content (AvgIpc) is 3.25. The van der Waals surface area contributed by atoms with Gasteiger partial charge in [0.05, 0.1) is 17.5 Å². The van der Waals surface area contributed by atoms with Crippen LogP contribution in [0.3, 0.4) is 0 Å². The number of carbonyl (C=O) groups excluding carboxylic acids is 2. The van der Waals surface area contributed by atoms with Gasteiger partial charge in [0, 0.05) is 38.4 Å². The van der Waals surface area contributed by atoms with E-state index in [-0.39, 0.29) is 17.9 Å². The molecule has 2 fully saturated rings. The van der Waals surface area contributed by atoms with Gasteiger partial charge in [-0.1, -0.05) is 39.2 Å². The van der Waals surface area contributed by atoms with Gasteiger partial charge in [0.2, 0.25) is 0 Å². The minimum absolute atomic E-state index is 0.00448. The predicted molar refractivity (Wildman–Crippen MR) is 118 cm³/mol. The van der Waals surface area contributed by atoms with Crippen LogP contribution >= 0.6 is 0 Å². The number of urea groups is 1. The molecule has 8 heteroatoms. The van der Waals surface area contributed by atoms with E-state index in [0.717, 1.165) is 18.5 Å². The molecular weight excluding hydrogens is 392 g/mol. The lowest BCUT2D eigenvalue weighted by Gasteiger charge is -2.36. The van der Waals surface area contributed by atoms with E-state index in [1.165, 1.54) is 19.3 Å². The highest BCUT2D eigenvalue weighted by molar-refractivity contribution is 5.95. The number of pyridine rings is 1. The number of nitrogens with one attached hydrogen (secondary N) is 1. The van der Waals surface area contributed by atoms with Crippen molar-refractivity contribution in [2.45, 2.75) is 57.9 Å². The van der Waals surface area contributed by atoms with E-state index in [4.69, 9.17) is 0 Å². The Hall–Kier alpha value is -2.90. The van der Waals surface area contributed by atoms with Crippen molar-refractivity contribution in [3.8, 4) is 5.82 Å². The third-order valence-electron chi connectivity index (χ3n) is 6.24. The zero-order chi connectivity index (χ0) is 21.8. The maximum atomic E-state index is 13.3. The number of nitrogens with zero attached hydrogens (tertiary/aromatic N) is 5. The van der Waals surface area contributed by atoms with Crippen molar-refractivity contribution in [3.63, 3.8) is 0 Å². The van der Waals surface area contributed by atoms with Crippen molar-refractivity contribution in [2.24, 2.45) is 0 Å². The monoisotopic (exact) mass is 424 g/mol. The number of hydrogen-bond donors (Lipinski definition) is 1. The van der Waals surface area contributed by atoms with Crippen molar-refractivity contribution in [3.05, 3.63) is 41.9 Å². The smallest absolute Gasteiger partial charge is 0.317 e. The molecule has 3 heterocycles. The first-order valence-corrected chi connectivity index (χ1v) is 11.4. The van der Waals surface area contributed by atoms with E-state index in [1.54, 1.807) is 17.1 Å². The highest BCUT2D eigenvalue weighted by Crippen LogP contribution is 2.24. The van der Waals surface area contributed by atoms with E-state index in [1.807, 2.05) is 28.0 Å². The Kier molecular flexibility index (Phi) is 6.53. The summed E-state index contributed by atoms with van der Waals surface area (Å²) < 4.78 is 1.76. The molecule has 0 atom stereocenters. The van der Waals surface area contributed by atoms with Crippen LogP contribution in [0, 0.1) is 0 Å². The van der Waals surface area contributed by atoms with E-state index in [2.05, 4.69) is 29.2 Å². The summed E-state index contributed by atoms with van der Waals surface area (Å²) in [4.78, 5) is 33.9. The Balaban J connectivity index is 1.41. The molecule has 0 spiro atoms. The van der Waals surface area contributed by atoms with Crippen molar-refractivity contribution in [1.29, 1.82) is 0 Å². The molecule has 1 aliphatic carbocycles. The third-order valence-corrected chi connectivity index (χ3v) is 6.24. The zero-order valence-electron chi connectivity index (χ0n) is 18.5. The summed E-state index contributed by atoms with van der Waals surface area (Å²) in [6.45, 7) is 6.28. The number of amides is 3. The fourth-order valence-corrected chi connectivity index (χ4v) is 4.54. The molecule has 8 nitrogen and oxygen atoms in total. The number of piperazine rings is 1. The largest absolute Gasteiger partial charge is 0.335 e. The van der Waals surface area contributed by atoms with E-state index >= 15 is 0 Å². The van der Waals surface area contributed by atoms with Gasteiger partial charge in [-0.15, -0.1) is 0 Å². The van der Waals surface area contributed by atoms with Gasteiger partial charge in [-0.3, -0.25) is 4.79 Å². The molecule has 0 bridgehead atoms. The van der Waals surface area contributed by atoms with Gasteiger partial charge in [-0.05, 0) is 30.9 Å². The summed E-state index contributed by atoms with van der Waals surface area (Å²) in [6, 6.07) is 5.96. The zero-order valence-corrected chi connectivity index (χ0v) is 18.5. The summed E-state index contributed by atoms with van der Waals surface area (Å²) in [5, 5.41) is 7.64. The number of aromatic nitrogens is 3. The third kappa shape index (κ3) is 4.73. The maximum absolute atomic E-state index is 13.3. The number of rotatable bonds is 4. The molecule has 1 saturated heterocycles. The highest BCUT2D eigenvalue weighted by atomic mass is 16.2. The van der Waals surface area contributed by atoms with Gasteiger partial charge in [0.1, 0.15) is 0 Å². The molecular formula is C23H32N6O2. The van der Waals surface area contributed by atoms with Crippen molar-refractivity contribution < 1.29 is 9.59 Å². The van der Waals surface area contributed by atoms with Crippen LogP contribution < -0.4 is 5.32 Å². The van der Waals surface area contributed by atoms with E-state index in [9.17, 15) is 9.59 Å². The summed E-state index contributed by atoms with van der Waals surface area (Å²) in [6.07, 6.45) is 9.16. The Morgan fingerprint density at radius 1 is 1.03 bits per heavy atom. The molecule has 2 aromatic rings. The fourth-order valence-electron chi connectivity index (χ4n) is 4.54. The second-order valence-corrected chi connectivity index (χ2v) is 8.76. The lowest BCUT2D eigenvalue weighted by Crippen LogP contribution is -2.54. The highest BCUT2D eigenvalue weighted by Gasteiger charge is 2.29. The summed E-state index contributed by atoms with van der Waals surface area (Å²) in [7, 11) is 0. The average molecular weight is 425 g/mol. The van der Waals surface area contributed by atoms with Crippen molar-refractivity contribution in [1.82, 2.24) is 29.9 Å². The molecule has 0 aromatic carbocycles. The first kappa shape index (κ1) is 21.3. The van der Waals surface area contributed by atoms with Crippen LogP contribution in [0.25, 0.3) is 5.82 Å². The topological polar surface area (TPSA) is 83.4 Å². The second-order valence-electron chi connectivity index (χ2n) is 8.76. The molecule has 2 aliphatic rings. The molecule has 0 unspecified atom stereocenters. The molecule has 2 aromatic heterocycles. The second kappa shape index (κ2) is 9.49. The Morgan fingerprint density at radius 3 is 2.39 bits per heavy atom. The Labute approximate surface area is 183 Å². The van der Waals surface area contributed by atoms with Crippen LogP contribution in [0.5, 0.6) is 0 Å². The van der Waals surface area contributed by atoms with E-state index in [0.29, 0.717) is 43.6 Å². The molecule has 1 saturated carbocycles. The van der Waals surface area contributed by atoms with Crippen LogP contribution in [0.2, 0.25) is 0 Å². The van der Waals surface area contributed by atoms with Crippen LogP contribution in [-0.2, 0) is 0 Å². The minimum Gasteiger partial charge on any atom is -0.335 e. The molecule has 1 N–H and O–H groups in total. The maximum Gasteiger partial charge on any atom is 0.317 e. The van der Waals surface area contributed by atoms with Gasteiger partial charge in [0.25, 0.3) is 5.91 Å².